The number of non-ortho nitro benzene ring substituents is 1. The van der Waals surface area contributed by atoms with Crippen LogP contribution in [0.4, 0.5) is 11.4 Å². The molecule has 1 amide bonds. The Balaban J connectivity index is 2.02. The SMILES string of the molecule is CCC[C@H](NC(=O)COC(=O)c1cc([N+](=O)[O-])ccc1NC)c1ccccc1. The molecule has 0 heterocycles. The lowest BCUT2D eigenvalue weighted by atomic mass is 10.0. The van der Waals surface area contributed by atoms with Gasteiger partial charge >= 0.3 is 5.97 Å². The molecule has 2 N–H and O–H groups in total. The van der Waals surface area contributed by atoms with E-state index in [1.807, 2.05) is 37.3 Å². The normalized spacial score (nSPS) is 11.4. The monoisotopic (exact) mass is 385 g/mol. The molecule has 0 bridgehead atoms. The molecule has 0 aliphatic heterocycles. The first-order chi connectivity index (χ1) is 13.5. The Morgan fingerprint density at radius 2 is 1.89 bits per heavy atom. The number of nitro benzene ring substituents is 1. The van der Waals surface area contributed by atoms with E-state index in [9.17, 15) is 19.7 Å². The first-order valence-electron chi connectivity index (χ1n) is 8.93. The Morgan fingerprint density at radius 3 is 2.50 bits per heavy atom. The van der Waals surface area contributed by atoms with Crippen LogP contribution in [0.2, 0.25) is 0 Å². The minimum absolute atomic E-state index is 0.00216. The zero-order chi connectivity index (χ0) is 20.5. The molecular weight excluding hydrogens is 362 g/mol. The minimum Gasteiger partial charge on any atom is -0.452 e. The fourth-order valence-electron chi connectivity index (χ4n) is 2.77. The summed E-state index contributed by atoms with van der Waals surface area (Å²) in [4.78, 5) is 34.9. The third-order valence-electron chi connectivity index (χ3n) is 4.15. The summed E-state index contributed by atoms with van der Waals surface area (Å²) in [6.45, 7) is 1.54. The number of nitro groups is 1. The molecule has 0 saturated carbocycles. The second-order valence-corrected chi connectivity index (χ2v) is 6.13. The topological polar surface area (TPSA) is 111 Å². The van der Waals surface area contributed by atoms with Gasteiger partial charge in [0.25, 0.3) is 11.6 Å². The summed E-state index contributed by atoms with van der Waals surface area (Å²) >= 11 is 0. The zero-order valence-electron chi connectivity index (χ0n) is 15.8. The maximum atomic E-state index is 12.3. The van der Waals surface area contributed by atoms with Crippen LogP contribution in [0.25, 0.3) is 0 Å². The van der Waals surface area contributed by atoms with Crippen molar-refractivity contribution in [2.24, 2.45) is 0 Å². The van der Waals surface area contributed by atoms with Gasteiger partial charge in [-0.05, 0) is 18.1 Å². The number of ether oxygens (including phenoxy) is 1. The van der Waals surface area contributed by atoms with E-state index in [2.05, 4.69) is 10.6 Å². The van der Waals surface area contributed by atoms with E-state index in [0.29, 0.717) is 5.69 Å². The summed E-state index contributed by atoms with van der Waals surface area (Å²) in [6, 6.07) is 13.2. The van der Waals surface area contributed by atoms with Crippen LogP contribution >= 0.6 is 0 Å². The van der Waals surface area contributed by atoms with Crippen molar-refractivity contribution in [1.82, 2.24) is 5.32 Å². The van der Waals surface area contributed by atoms with Gasteiger partial charge in [-0.25, -0.2) is 4.79 Å². The largest absolute Gasteiger partial charge is 0.452 e. The molecule has 2 rings (SSSR count). The van der Waals surface area contributed by atoms with Gasteiger partial charge in [0.15, 0.2) is 6.61 Å². The van der Waals surface area contributed by atoms with Crippen LogP contribution in [-0.2, 0) is 9.53 Å². The van der Waals surface area contributed by atoms with E-state index in [1.165, 1.54) is 12.1 Å². The van der Waals surface area contributed by atoms with E-state index >= 15 is 0 Å². The Labute approximate surface area is 163 Å². The highest BCUT2D eigenvalue weighted by atomic mass is 16.6. The highest BCUT2D eigenvalue weighted by molar-refractivity contribution is 5.97. The van der Waals surface area contributed by atoms with Crippen LogP contribution in [0.5, 0.6) is 0 Å². The third kappa shape index (κ3) is 5.54. The van der Waals surface area contributed by atoms with Gasteiger partial charge in [-0.2, -0.15) is 0 Å². The van der Waals surface area contributed by atoms with Gasteiger partial charge in [-0.1, -0.05) is 43.7 Å². The predicted octanol–water partition coefficient (Wildman–Crippen LogP) is 3.45. The fraction of sp³-hybridized carbons (Fsp3) is 0.300. The van der Waals surface area contributed by atoms with Gasteiger partial charge in [0, 0.05) is 24.9 Å². The second kappa shape index (κ2) is 10.1. The van der Waals surface area contributed by atoms with Crippen LogP contribution in [0, 0.1) is 10.1 Å². The van der Waals surface area contributed by atoms with E-state index in [-0.39, 0.29) is 17.3 Å². The summed E-state index contributed by atoms with van der Waals surface area (Å²) < 4.78 is 5.07. The number of hydrogen-bond acceptors (Lipinski definition) is 6. The van der Waals surface area contributed by atoms with Gasteiger partial charge in [0.2, 0.25) is 0 Å². The van der Waals surface area contributed by atoms with Gasteiger partial charge in [0.1, 0.15) is 0 Å². The lowest BCUT2D eigenvalue weighted by molar-refractivity contribution is -0.384. The highest BCUT2D eigenvalue weighted by Gasteiger charge is 2.20. The van der Waals surface area contributed by atoms with Gasteiger partial charge in [0.05, 0.1) is 16.5 Å². The number of nitrogens with zero attached hydrogens (tertiary/aromatic N) is 1. The second-order valence-electron chi connectivity index (χ2n) is 6.13. The molecule has 0 aliphatic rings. The van der Waals surface area contributed by atoms with Crippen molar-refractivity contribution in [3.05, 3.63) is 69.8 Å². The van der Waals surface area contributed by atoms with E-state index < -0.39 is 23.4 Å². The van der Waals surface area contributed by atoms with E-state index in [1.54, 1.807) is 7.05 Å². The Hall–Kier alpha value is -3.42. The molecular formula is C20H23N3O5. The predicted molar refractivity (Wildman–Crippen MR) is 105 cm³/mol. The van der Waals surface area contributed by atoms with Crippen LogP contribution in [0.15, 0.2) is 48.5 Å². The molecule has 2 aromatic carbocycles. The lowest BCUT2D eigenvalue weighted by Gasteiger charge is -2.18. The average molecular weight is 385 g/mol. The van der Waals surface area contributed by atoms with E-state index in [0.717, 1.165) is 24.5 Å². The molecule has 148 valence electrons. The molecule has 0 aromatic heterocycles. The van der Waals surface area contributed by atoms with Crippen molar-refractivity contribution in [2.75, 3.05) is 19.0 Å². The van der Waals surface area contributed by atoms with Crippen LogP contribution < -0.4 is 10.6 Å². The van der Waals surface area contributed by atoms with Gasteiger partial charge in [-0.3, -0.25) is 14.9 Å². The third-order valence-corrected chi connectivity index (χ3v) is 4.15. The Morgan fingerprint density at radius 1 is 1.18 bits per heavy atom. The van der Waals surface area contributed by atoms with Crippen molar-refractivity contribution in [3.8, 4) is 0 Å². The molecule has 0 unspecified atom stereocenters. The number of benzene rings is 2. The smallest absolute Gasteiger partial charge is 0.341 e. The molecule has 8 nitrogen and oxygen atoms in total. The number of esters is 1. The van der Waals surface area contributed by atoms with Crippen molar-refractivity contribution in [1.29, 1.82) is 0 Å². The van der Waals surface area contributed by atoms with Crippen LogP contribution in [-0.4, -0.2) is 30.5 Å². The van der Waals surface area contributed by atoms with Crippen LogP contribution in [0.3, 0.4) is 0 Å². The van der Waals surface area contributed by atoms with E-state index in [4.69, 9.17) is 4.74 Å². The number of carbonyl (C=O) groups is 2. The number of hydrogen-bond donors (Lipinski definition) is 2. The van der Waals surface area contributed by atoms with Gasteiger partial charge < -0.3 is 15.4 Å². The number of carbonyl (C=O) groups excluding carboxylic acids is 2. The Kier molecular flexibility index (Phi) is 7.50. The quantitative estimate of drug-likeness (QED) is 0.389. The molecule has 0 fully saturated rings. The van der Waals surface area contributed by atoms with Gasteiger partial charge in [-0.15, -0.1) is 0 Å². The number of rotatable bonds is 9. The molecule has 0 radical (unpaired) electrons. The zero-order valence-corrected chi connectivity index (χ0v) is 15.8. The number of nitrogens with one attached hydrogen (secondary N) is 2. The minimum atomic E-state index is -0.810. The first kappa shape index (κ1) is 20.9. The average Bonchev–Trinajstić information content (AvgIpc) is 2.71. The van der Waals surface area contributed by atoms with Crippen molar-refractivity contribution in [2.45, 2.75) is 25.8 Å². The summed E-state index contributed by atoms with van der Waals surface area (Å²) in [5.41, 5.74) is 1.12. The lowest BCUT2D eigenvalue weighted by Crippen LogP contribution is -2.32. The molecule has 0 spiro atoms. The van der Waals surface area contributed by atoms with Crippen LogP contribution in [0.1, 0.15) is 41.7 Å². The molecule has 0 aliphatic carbocycles. The summed E-state index contributed by atoms with van der Waals surface area (Å²) in [7, 11) is 1.58. The summed E-state index contributed by atoms with van der Waals surface area (Å²) in [5.74, 6) is -1.25. The molecule has 0 saturated heterocycles. The highest BCUT2D eigenvalue weighted by Crippen LogP contribution is 2.23. The first-order valence-corrected chi connectivity index (χ1v) is 8.93. The van der Waals surface area contributed by atoms with Crippen molar-refractivity contribution in [3.63, 3.8) is 0 Å². The molecule has 28 heavy (non-hydrogen) atoms. The molecule has 1 atom stereocenters. The maximum Gasteiger partial charge on any atom is 0.341 e. The van der Waals surface area contributed by atoms with Crippen molar-refractivity contribution < 1.29 is 19.2 Å². The fourth-order valence-corrected chi connectivity index (χ4v) is 2.77. The number of anilines is 1. The maximum absolute atomic E-state index is 12.3. The standard InChI is InChI=1S/C20H23N3O5/c1-3-7-17(14-8-5-4-6-9-14)22-19(24)13-28-20(25)16-12-15(23(26)27)10-11-18(16)21-2/h4-6,8-12,17,21H,3,7,13H2,1-2H3,(H,22,24)/t17-/m0/s1. The summed E-state index contributed by atoms with van der Waals surface area (Å²) in [5, 5.41) is 16.6. The number of amides is 1. The molecule has 2 aromatic rings. The Bertz CT molecular complexity index is 839. The summed E-state index contributed by atoms with van der Waals surface area (Å²) in [6.07, 6.45) is 1.62. The van der Waals surface area contributed by atoms with Crippen molar-refractivity contribution >= 4 is 23.3 Å². The molecule has 8 heteroatoms.